The molecule has 0 aliphatic rings. The standard InChI is InChI=1S/2C18H17.Mg/c2*1-2-3-7-14-10-6-11-17-12-15-8-4-5-9-16(15)13-18(14)17;/h2*4-6,8-13H,1-3,7H2;/q2*-1;+2. The van der Waals surface area contributed by atoms with Gasteiger partial charge in [-0.2, -0.15) is 12.8 Å². The summed E-state index contributed by atoms with van der Waals surface area (Å²) < 4.78 is 0. The summed E-state index contributed by atoms with van der Waals surface area (Å²) in [6.45, 7) is 7.86. The van der Waals surface area contributed by atoms with E-state index in [0.29, 0.717) is 0 Å². The summed E-state index contributed by atoms with van der Waals surface area (Å²) in [4.78, 5) is 0. The zero-order chi connectivity index (χ0) is 24.7. The van der Waals surface area contributed by atoms with Crippen LogP contribution in [0.1, 0.15) is 36.8 Å². The molecule has 0 aliphatic heterocycles. The van der Waals surface area contributed by atoms with Crippen molar-refractivity contribution in [2.24, 2.45) is 0 Å². The van der Waals surface area contributed by atoms with E-state index in [1.54, 1.807) is 0 Å². The topological polar surface area (TPSA) is 0 Å². The van der Waals surface area contributed by atoms with Crippen molar-refractivity contribution in [1.82, 2.24) is 0 Å². The largest absolute Gasteiger partial charge is 2.00 e. The quantitative estimate of drug-likeness (QED) is 0.124. The van der Waals surface area contributed by atoms with Crippen molar-refractivity contribution in [3.63, 3.8) is 0 Å². The molecule has 0 nitrogen and oxygen atoms in total. The van der Waals surface area contributed by atoms with Crippen molar-refractivity contribution in [1.29, 1.82) is 0 Å². The molecule has 6 rings (SSSR count). The third-order valence-electron chi connectivity index (χ3n) is 7.07. The second-order valence-electron chi connectivity index (χ2n) is 9.59. The fourth-order valence-electron chi connectivity index (χ4n) is 5.13. The molecule has 0 fully saturated rings. The van der Waals surface area contributed by atoms with E-state index in [4.69, 9.17) is 0 Å². The summed E-state index contributed by atoms with van der Waals surface area (Å²) >= 11 is 0. The minimum atomic E-state index is 0. The summed E-state index contributed by atoms with van der Waals surface area (Å²) in [6.07, 6.45) is 6.57. The van der Waals surface area contributed by atoms with Gasteiger partial charge < -0.3 is 13.8 Å². The second kappa shape index (κ2) is 13.1. The van der Waals surface area contributed by atoms with Crippen molar-refractivity contribution in [2.45, 2.75) is 38.5 Å². The van der Waals surface area contributed by atoms with Crippen molar-refractivity contribution in [3.8, 4) is 0 Å². The minimum Gasteiger partial charge on any atom is -0.343 e. The van der Waals surface area contributed by atoms with Gasteiger partial charge >= 0.3 is 23.1 Å². The number of rotatable bonds is 6. The zero-order valence-corrected chi connectivity index (χ0v) is 23.2. The fourth-order valence-corrected chi connectivity index (χ4v) is 5.13. The van der Waals surface area contributed by atoms with Crippen LogP contribution in [0.5, 0.6) is 0 Å². The third kappa shape index (κ3) is 6.34. The van der Waals surface area contributed by atoms with Crippen LogP contribution in [0.25, 0.3) is 43.1 Å². The maximum Gasteiger partial charge on any atom is 2.00 e. The van der Waals surface area contributed by atoms with Crippen molar-refractivity contribution < 1.29 is 0 Å². The van der Waals surface area contributed by atoms with Gasteiger partial charge in [-0.1, -0.05) is 97.8 Å². The van der Waals surface area contributed by atoms with E-state index < -0.39 is 0 Å². The smallest absolute Gasteiger partial charge is 0.343 e. The van der Waals surface area contributed by atoms with E-state index >= 15 is 0 Å². The van der Waals surface area contributed by atoms with Gasteiger partial charge in [0, 0.05) is 0 Å². The van der Waals surface area contributed by atoms with Crippen LogP contribution in [0.2, 0.25) is 0 Å². The summed E-state index contributed by atoms with van der Waals surface area (Å²) in [5.41, 5.74) is 2.89. The first-order valence-corrected chi connectivity index (χ1v) is 13.2. The molecule has 0 N–H and O–H groups in total. The van der Waals surface area contributed by atoms with Gasteiger partial charge in [-0.05, 0) is 91.3 Å². The molecule has 0 unspecified atom stereocenters. The second-order valence-corrected chi connectivity index (χ2v) is 9.59. The fraction of sp³-hybridized carbons (Fsp3) is 0.167. The molecule has 0 amide bonds. The molecular formula is C36H34Mg. The first-order chi connectivity index (χ1) is 17.8. The summed E-state index contributed by atoms with van der Waals surface area (Å²) in [5.74, 6) is 0. The minimum absolute atomic E-state index is 0. The monoisotopic (exact) mass is 490 g/mol. The Balaban J connectivity index is 0.000000168. The average Bonchev–Trinajstić information content (AvgIpc) is 2.93. The predicted molar refractivity (Wildman–Crippen MR) is 165 cm³/mol. The van der Waals surface area contributed by atoms with Crippen LogP contribution in [-0.4, -0.2) is 23.1 Å². The van der Waals surface area contributed by atoms with E-state index in [9.17, 15) is 0 Å². The molecular weight excluding hydrogens is 457 g/mol. The molecule has 6 aromatic carbocycles. The molecule has 6 aromatic rings. The van der Waals surface area contributed by atoms with Crippen LogP contribution < -0.4 is 0 Å². The Hall–Kier alpha value is -2.87. The SMILES string of the molecule is [CH2-]CCCc1cccc2cc3ccccc3cc12.[CH2-]CCCc1cccc2cc3ccccc3cc12.[Mg+2]. The normalized spacial score (nSPS) is 10.9. The first-order valence-electron chi connectivity index (χ1n) is 13.2. The number of benzene rings is 6. The van der Waals surface area contributed by atoms with E-state index in [0.717, 1.165) is 38.5 Å². The van der Waals surface area contributed by atoms with Crippen LogP contribution in [-0.2, 0) is 12.8 Å². The molecule has 180 valence electrons. The number of fused-ring (bicyclic) bond motifs is 4. The Kier molecular flexibility index (Phi) is 9.60. The molecule has 0 spiro atoms. The van der Waals surface area contributed by atoms with Gasteiger partial charge in [-0.15, -0.1) is 0 Å². The van der Waals surface area contributed by atoms with Crippen LogP contribution in [0.4, 0.5) is 0 Å². The van der Waals surface area contributed by atoms with Gasteiger partial charge in [-0.3, -0.25) is 0 Å². The van der Waals surface area contributed by atoms with Gasteiger partial charge in [0.25, 0.3) is 0 Å². The molecule has 37 heavy (non-hydrogen) atoms. The molecule has 0 saturated heterocycles. The first kappa shape index (κ1) is 27.2. The molecule has 0 atom stereocenters. The van der Waals surface area contributed by atoms with Crippen molar-refractivity contribution >= 4 is 66.1 Å². The molecule has 1 heteroatoms. The van der Waals surface area contributed by atoms with Gasteiger partial charge in [-0.25, -0.2) is 0 Å². The number of aryl methyl sites for hydroxylation is 2. The van der Waals surface area contributed by atoms with Crippen molar-refractivity contribution in [2.75, 3.05) is 0 Å². The summed E-state index contributed by atoms with van der Waals surface area (Å²) in [7, 11) is 0. The van der Waals surface area contributed by atoms with Gasteiger partial charge in [0.05, 0.1) is 0 Å². The number of hydrogen-bond acceptors (Lipinski definition) is 0. The third-order valence-corrected chi connectivity index (χ3v) is 7.07. The van der Waals surface area contributed by atoms with Crippen molar-refractivity contribution in [3.05, 3.63) is 134 Å². The van der Waals surface area contributed by atoms with Crippen LogP contribution >= 0.6 is 0 Å². The van der Waals surface area contributed by atoms with Gasteiger partial charge in [0.2, 0.25) is 0 Å². The Morgan fingerprint density at radius 2 is 0.757 bits per heavy atom. The Morgan fingerprint density at radius 3 is 1.14 bits per heavy atom. The van der Waals surface area contributed by atoms with Crippen LogP contribution in [0.15, 0.2) is 109 Å². The van der Waals surface area contributed by atoms with Crippen LogP contribution in [0, 0.1) is 13.8 Å². The van der Waals surface area contributed by atoms with E-state index in [1.807, 2.05) is 0 Å². The zero-order valence-electron chi connectivity index (χ0n) is 21.8. The molecule has 0 radical (unpaired) electrons. The molecule has 0 aliphatic carbocycles. The Labute approximate surface area is 237 Å². The van der Waals surface area contributed by atoms with E-state index in [1.165, 1.54) is 54.2 Å². The molecule has 0 saturated carbocycles. The van der Waals surface area contributed by atoms with E-state index in [-0.39, 0.29) is 23.1 Å². The number of unbranched alkanes of at least 4 members (excludes halogenated alkanes) is 2. The van der Waals surface area contributed by atoms with Gasteiger partial charge in [0.1, 0.15) is 0 Å². The average molecular weight is 491 g/mol. The summed E-state index contributed by atoms with van der Waals surface area (Å²) in [6, 6.07) is 39.6. The Bertz CT molecular complexity index is 1490. The predicted octanol–water partition coefficient (Wildman–Crippen LogP) is 9.92. The van der Waals surface area contributed by atoms with Crippen LogP contribution in [0.3, 0.4) is 0 Å². The number of hydrogen-bond donors (Lipinski definition) is 0. The maximum atomic E-state index is 3.93. The molecule has 0 heterocycles. The van der Waals surface area contributed by atoms with Gasteiger partial charge in [0.15, 0.2) is 0 Å². The Morgan fingerprint density at radius 1 is 0.405 bits per heavy atom. The molecule has 0 bridgehead atoms. The summed E-state index contributed by atoms with van der Waals surface area (Å²) in [5, 5.41) is 10.8. The maximum absolute atomic E-state index is 3.93. The van der Waals surface area contributed by atoms with E-state index in [2.05, 4.69) is 123 Å². The molecule has 0 aromatic heterocycles.